The lowest BCUT2D eigenvalue weighted by Gasteiger charge is -2.21. The number of halogens is 1. The SMILES string of the molecule is COc1nnc(C2=COC3C(C(N)=O)=CC=CC23)nc1NCc1cccc(F)c1. The van der Waals surface area contributed by atoms with Crippen molar-refractivity contribution in [2.45, 2.75) is 12.6 Å². The summed E-state index contributed by atoms with van der Waals surface area (Å²) in [7, 11) is 1.46. The second-order valence-corrected chi connectivity index (χ2v) is 6.50. The fourth-order valence-electron chi connectivity index (χ4n) is 3.27. The molecule has 9 heteroatoms. The number of ether oxygens (including phenoxy) is 2. The van der Waals surface area contributed by atoms with Crippen LogP contribution in [0, 0.1) is 11.7 Å². The highest BCUT2D eigenvalue weighted by Crippen LogP contribution is 2.38. The van der Waals surface area contributed by atoms with Crippen LogP contribution in [0.1, 0.15) is 11.4 Å². The zero-order valence-electron chi connectivity index (χ0n) is 15.5. The third kappa shape index (κ3) is 3.66. The third-order valence-corrected chi connectivity index (χ3v) is 4.67. The summed E-state index contributed by atoms with van der Waals surface area (Å²) < 4.78 is 24.3. The van der Waals surface area contributed by atoms with E-state index < -0.39 is 12.0 Å². The molecule has 1 amide bonds. The number of benzene rings is 1. The first-order valence-corrected chi connectivity index (χ1v) is 8.88. The lowest BCUT2D eigenvalue weighted by Crippen LogP contribution is -2.30. The van der Waals surface area contributed by atoms with Crippen molar-refractivity contribution in [2.24, 2.45) is 11.7 Å². The fraction of sp³-hybridized carbons (Fsp3) is 0.200. The largest absolute Gasteiger partial charge is 0.492 e. The molecule has 2 unspecified atom stereocenters. The number of hydrogen-bond donors (Lipinski definition) is 2. The third-order valence-electron chi connectivity index (χ3n) is 4.67. The molecule has 0 saturated carbocycles. The van der Waals surface area contributed by atoms with Gasteiger partial charge >= 0.3 is 0 Å². The number of anilines is 1. The van der Waals surface area contributed by atoms with Gasteiger partial charge in [-0.1, -0.05) is 30.4 Å². The number of nitrogens with zero attached hydrogens (tertiary/aromatic N) is 3. The van der Waals surface area contributed by atoms with Gasteiger partial charge in [-0.15, -0.1) is 10.2 Å². The Balaban J connectivity index is 1.58. The molecule has 2 heterocycles. The highest BCUT2D eigenvalue weighted by Gasteiger charge is 2.38. The van der Waals surface area contributed by atoms with E-state index in [2.05, 4.69) is 20.5 Å². The first kappa shape index (κ1) is 18.6. The highest BCUT2D eigenvalue weighted by atomic mass is 19.1. The molecular weight excluding hydrogens is 377 g/mol. The molecule has 0 bridgehead atoms. The van der Waals surface area contributed by atoms with Crippen LogP contribution in [0.4, 0.5) is 10.2 Å². The van der Waals surface area contributed by atoms with Crippen LogP contribution < -0.4 is 15.8 Å². The Morgan fingerprint density at radius 2 is 2.24 bits per heavy atom. The standard InChI is InChI=1S/C20H18FN5O3/c1-28-20-19(23-9-11-4-2-5-12(21)8-11)24-18(25-26-20)15-10-29-16-13(15)6-3-7-14(16)17(22)27/h2-8,10,13,16H,9H2,1H3,(H2,22,27)(H,23,24,25). The van der Waals surface area contributed by atoms with Gasteiger partial charge in [-0.05, 0) is 17.7 Å². The van der Waals surface area contributed by atoms with Crippen LogP contribution in [0.3, 0.4) is 0 Å². The first-order chi connectivity index (χ1) is 14.1. The van der Waals surface area contributed by atoms with Gasteiger partial charge in [0.15, 0.2) is 11.6 Å². The maximum Gasteiger partial charge on any atom is 0.276 e. The van der Waals surface area contributed by atoms with Crippen molar-refractivity contribution in [3.05, 3.63) is 71.5 Å². The molecule has 2 aliphatic rings. The van der Waals surface area contributed by atoms with Crippen molar-refractivity contribution in [3.8, 4) is 5.88 Å². The van der Waals surface area contributed by atoms with E-state index in [4.69, 9.17) is 15.2 Å². The summed E-state index contributed by atoms with van der Waals surface area (Å²) in [5.74, 6) is -0.219. The molecule has 148 valence electrons. The number of methoxy groups -OCH3 is 1. The van der Waals surface area contributed by atoms with Crippen molar-refractivity contribution in [2.75, 3.05) is 12.4 Å². The lowest BCUT2D eigenvalue weighted by molar-refractivity contribution is -0.115. The summed E-state index contributed by atoms with van der Waals surface area (Å²) in [6.07, 6.45) is 6.29. The quantitative estimate of drug-likeness (QED) is 0.769. The number of aromatic nitrogens is 3. The molecule has 0 spiro atoms. The number of carbonyl (C=O) groups is 1. The van der Waals surface area contributed by atoms with Crippen LogP contribution in [0.2, 0.25) is 0 Å². The Morgan fingerprint density at radius 1 is 1.38 bits per heavy atom. The van der Waals surface area contributed by atoms with Gasteiger partial charge in [-0.3, -0.25) is 4.79 Å². The van der Waals surface area contributed by atoms with Crippen LogP contribution in [-0.4, -0.2) is 34.3 Å². The Bertz CT molecular complexity index is 1050. The molecule has 1 aliphatic heterocycles. The minimum atomic E-state index is -0.537. The van der Waals surface area contributed by atoms with Crippen molar-refractivity contribution in [3.63, 3.8) is 0 Å². The minimum Gasteiger partial charge on any atom is -0.492 e. The van der Waals surface area contributed by atoms with Gasteiger partial charge < -0.3 is 20.5 Å². The number of rotatable bonds is 6. The van der Waals surface area contributed by atoms with Crippen LogP contribution in [0.25, 0.3) is 5.57 Å². The summed E-state index contributed by atoms with van der Waals surface area (Å²) in [6, 6.07) is 6.23. The lowest BCUT2D eigenvalue weighted by atomic mass is 9.86. The second kappa shape index (κ2) is 7.70. The summed E-state index contributed by atoms with van der Waals surface area (Å²) in [6.45, 7) is 0.322. The molecule has 2 atom stereocenters. The molecule has 0 saturated heterocycles. The van der Waals surface area contributed by atoms with E-state index in [1.807, 2.05) is 6.08 Å². The molecule has 1 aliphatic carbocycles. The molecule has 4 rings (SSSR count). The maximum absolute atomic E-state index is 13.4. The van der Waals surface area contributed by atoms with Crippen LogP contribution in [0.15, 0.2) is 54.3 Å². The van der Waals surface area contributed by atoms with Gasteiger partial charge in [-0.2, -0.15) is 0 Å². The first-order valence-electron chi connectivity index (χ1n) is 8.88. The minimum absolute atomic E-state index is 0.207. The van der Waals surface area contributed by atoms with Gasteiger partial charge in [0.2, 0.25) is 5.91 Å². The average molecular weight is 395 g/mol. The predicted molar refractivity (Wildman–Crippen MR) is 103 cm³/mol. The average Bonchev–Trinajstić information content (AvgIpc) is 3.16. The molecule has 0 fully saturated rings. The van der Waals surface area contributed by atoms with E-state index in [-0.39, 0.29) is 17.6 Å². The van der Waals surface area contributed by atoms with Crippen molar-refractivity contribution in [1.82, 2.24) is 15.2 Å². The van der Waals surface area contributed by atoms with Crippen molar-refractivity contribution in [1.29, 1.82) is 0 Å². The monoisotopic (exact) mass is 395 g/mol. The van der Waals surface area contributed by atoms with E-state index in [0.717, 1.165) is 5.56 Å². The molecular formula is C20H18FN5O3. The number of allylic oxidation sites excluding steroid dienone is 2. The number of primary amides is 1. The topological polar surface area (TPSA) is 112 Å². The Kier molecular flexibility index (Phi) is 4.94. The smallest absolute Gasteiger partial charge is 0.276 e. The molecule has 29 heavy (non-hydrogen) atoms. The van der Waals surface area contributed by atoms with Crippen LogP contribution in [-0.2, 0) is 16.1 Å². The molecule has 3 N–H and O–H groups in total. The van der Waals surface area contributed by atoms with Gasteiger partial charge in [0.1, 0.15) is 11.9 Å². The zero-order chi connectivity index (χ0) is 20.4. The van der Waals surface area contributed by atoms with Gasteiger partial charge in [0.25, 0.3) is 5.88 Å². The van der Waals surface area contributed by atoms with E-state index in [0.29, 0.717) is 29.3 Å². The fourth-order valence-corrected chi connectivity index (χ4v) is 3.27. The number of hydrogen-bond acceptors (Lipinski definition) is 7. The Hall–Kier alpha value is -3.75. The number of nitrogens with one attached hydrogen (secondary N) is 1. The summed E-state index contributed by atoms with van der Waals surface area (Å²) in [5.41, 5.74) is 7.22. The van der Waals surface area contributed by atoms with Gasteiger partial charge in [0, 0.05) is 12.1 Å². The Labute approximate surface area is 165 Å². The number of fused-ring (bicyclic) bond motifs is 1. The Morgan fingerprint density at radius 3 is 3.00 bits per heavy atom. The molecule has 0 radical (unpaired) electrons. The number of amides is 1. The van der Waals surface area contributed by atoms with E-state index >= 15 is 0 Å². The van der Waals surface area contributed by atoms with Gasteiger partial charge in [0.05, 0.1) is 24.9 Å². The van der Waals surface area contributed by atoms with Crippen molar-refractivity contribution < 1.29 is 18.7 Å². The number of nitrogens with two attached hydrogens (primary N) is 1. The molecule has 8 nitrogen and oxygen atoms in total. The zero-order valence-corrected chi connectivity index (χ0v) is 15.5. The number of carbonyl (C=O) groups excluding carboxylic acids is 1. The van der Waals surface area contributed by atoms with Gasteiger partial charge in [-0.25, -0.2) is 9.37 Å². The predicted octanol–water partition coefficient (Wildman–Crippen LogP) is 1.97. The van der Waals surface area contributed by atoms with E-state index in [1.165, 1.54) is 25.5 Å². The molecule has 1 aromatic carbocycles. The maximum atomic E-state index is 13.4. The normalized spacial score (nSPS) is 19.7. The summed E-state index contributed by atoms with van der Waals surface area (Å²) >= 11 is 0. The van der Waals surface area contributed by atoms with E-state index in [9.17, 15) is 9.18 Å². The molecule has 2 aromatic rings. The van der Waals surface area contributed by atoms with Crippen LogP contribution in [0.5, 0.6) is 5.88 Å². The van der Waals surface area contributed by atoms with E-state index in [1.54, 1.807) is 24.3 Å². The summed E-state index contributed by atoms with van der Waals surface area (Å²) in [4.78, 5) is 16.1. The molecule has 1 aromatic heterocycles. The van der Waals surface area contributed by atoms with Crippen LogP contribution >= 0.6 is 0 Å². The highest BCUT2D eigenvalue weighted by molar-refractivity contribution is 5.94. The van der Waals surface area contributed by atoms with Crippen molar-refractivity contribution >= 4 is 17.3 Å². The summed E-state index contributed by atoms with van der Waals surface area (Å²) in [5, 5.41) is 11.3. The second-order valence-electron chi connectivity index (χ2n) is 6.50.